The second-order valence-corrected chi connectivity index (χ2v) is 9.29. The lowest BCUT2D eigenvalue weighted by Crippen LogP contribution is -2.38. The molecular weight excluding hydrogens is 384 g/mol. The number of anilines is 1. The topological polar surface area (TPSA) is 66.5 Å². The molecule has 2 aromatic carbocycles. The molecule has 1 N–H and O–H groups in total. The van der Waals surface area contributed by atoms with Crippen molar-refractivity contribution in [2.75, 3.05) is 11.3 Å². The molecule has 0 saturated heterocycles. The third-order valence-corrected chi connectivity index (χ3v) is 6.08. The number of benzene rings is 2. The monoisotopic (exact) mass is 406 g/mol. The predicted molar refractivity (Wildman–Crippen MR) is 108 cm³/mol. The van der Waals surface area contributed by atoms with Crippen LogP contribution in [0.1, 0.15) is 30.5 Å². The molecule has 0 fully saturated rings. The second-order valence-electron chi connectivity index (χ2n) is 7.14. The van der Waals surface area contributed by atoms with Gasteiger partial charge in [-0.3, -0.25) is 9.52 Å². The largest absolute Gasteiger partial charge is 0.338 e. The highest BCUT2D eigenvalue weighted by molar-refractivity contribution is 7.91. The SMILES string of the molecule is CC(C)C(=O)N1CCc2ccc(NS(=O)(=O)Cc3ccc(Cl)cc3)cc2C1. The van der Waals surface area contributed by atoms with E-state index < -0.39 is 10.0 Å². The lowest BCUT2D eigenvalue weighted by atomic mass is 9.98. The summed E-state index contributed by atoms with van der Waals surface area (Å²) < 4.78 is 27.6. The van der Waals surface area contributed by atoms with Crippen LogP contribution in [0.5, 0.6) is 0 Å². The van der Waals surface area contributed by atoms with E-state index in [9.17, 15) is 13.2 Å². The number of hydrogen-bond acceptors (Lipinski definition) is 3. The molecule has 2 aromatic rings. The first-order valence-electron chi connectivity index (χ1n) is 8.89. The van der Waals surface area contributed by atoms with Gasteiger partial charge in [-0.2, -0.15) is 0 Å². The van der Waals surface area contributed by atoms with Crippen LogP contribution in [0, 0.1) is 5.92 Å². The summed E-state index contributed by atoms with van der Waals surface area (Å²) in [4.78, 5) is 14.1. The van der Waals surface area contributed by atoms with Crippen molar-refractivity contribution in [3.8, 4) is 0 Å². The van der Waals surface area contributed by atoms with Gasteiger partial charge in [-0.05, 0) is 47.4 Å². The summed E-state index contributed by atoms with van der Waals surface area (Å²) in [5.74, 6) is -0.0545. The van der Waals surface area contributed by atoms with Gasteiger partial charge in [-0.1, -0.05) is 43.6 Å². The minimum atomic E-state index is -3.54. The van der Waals surface area contributed by atoms with E-state index >= 15 is 0 Å². The Labute approximate surface area is 165 Å². The molecule has 144 valence electrons. The fourth-order valence-electron chi connectivity index (χ4n) is 3.19. The molecular formula is C20H23ClN2O3S. The fraction of sp³-hybridized carbons (Fsp3) is 0.350. The molecule has 0 unspecified atom stereocenters. The molecule has 0 radical (unpaired) electrons. The number of carbonyl (C=O) groups is 1. The number of hydrogen-bond donors (Lipinski definition) is 1. The maximum Gasteiger partial charge on any atom is 0.236 e. The summed E-state index contributed by atoms with van der Waals surface area (Å²) >= 11 is 5.84. The van der Waals surface area contributed by atoms with Crippen LogP contribution in [0.3, 0.4) is 0 Å². The van der Waals surface area contributed by atoms with Gasteiger partial charge < -0.3 is 4.90 Å². The Morgan fingerprint density at radius 3 is 2.52 bits per heavy atom. The van der Waals surface area contributed by atoms with E-state index in [-0.39, 0.29) is 17.6 Å². The molecule has 0 saturated carbocycles. The van der Waals surface area contributed by atoms with Gasteiger partial charge in [0.25, 0.3) is 0 Å². The van der Waals surface area contributed by atoms with Crippen LogP contribution in [0.25, 0.3) is 0 Å². The molecule has 27 heavy (non-hydrogen) atoms. The molecule has 1 aliphatic heterocycles. The average molecular weight is 407 g/mol. The molecule has 1 heterocycles. The Balaban J connectivity index is 1.74. The number of amides is 1. The van der Waals surface area contributed by atoms with E-state index in [4.69, 9.17) is 11.6 Å². The number of carbonyl (C=O) groups excluding carboxylic acids is 1. The normalized spacial score (nSPS) is 14.1. The summed E-state index contributed by atoms with van der Waals surface area (Å²) in [6.45, 7) is 4.99. The zero-order valence-corrected chi connectivity index (χ0v) is 17.0. The Hall–Kier alpha value is -2.05. The molecule has 7 heteroatoms. The summed E-state index contributed by atoms with van der Waals surface area (Å²) in [6.07, 6.45) is 0.783. The van der Waals surface area contributed by atoms with Crippen LogP contribution in [0.2, 0.25) is 5.02 Å². The lowest BCUT2D eigenvalue weighted by Gasteiger charge is -2.30. The van der Waals surface area contributed by atoms with Crippen LogP contribution >= 0.6 is 11.6 Å². The second kappa shape index (κ2) is 7.90. The molecule has 0 spiro atoms. The summed E-state index contributed by atoms with van der Waals surface area (Å²) in [6, 6.07) is 12.3. The quantitative estimate of drug-likeness (QED) is 0.820. The predicted octanol–water partition coefficient (Wildman–Crippen LogP) is 3.82. The number of fused-ring (bicyclic) bond motifs is 1. The molecule has 1 aliphatic rings. The van der Waals surface area contributed by atoms with Gasteiger partial charge in [-0.15, -0.1) is 0 Å². The number of rotatable bonds is 5. The minimum absolute atomic E-state index is 0.0485. The summed E-state index contributed by atoms with van der Waals surface area (Å²) in [5, 5.41) is 0.569. The number of halogens is 1. The maximum absolute atomic E-state index is 12.5. The highest BCUT2D eigenvalue weighted by Gasteiger charge is 2.23. The van der Waals surface area contributed by atoms with Crippen LogP contribution in [-0.4, -0.2) is 25.8 Å². The zero-order valence-electron chi connectivity index (χ0n) is 15.4. The number of nitrogens with one attached hydrogen (secondary N) is 1. The van der Waals surface area contributed by atoms with Gasteiger partial charge in [-0.25, -0.2) is 8.42 Å². The maximum atomic E-state index is 12.5. The molecule has 3 rings (SSSR count). The molecule has 1 amide bonds. The Kier molecular flexibility index (Phi) is 5.77. The van der Waals surface area contributed by atoms with E-state index in [1.165, 1.54) is 0 Å². The Bertz CT molecular complexity index is 940. The van der Waals surface area contributed by atoms with Gasteiger partial charge in [0.1, 0.15) is 0 Å². The van der Waals surface area contributed by atoms with Crippen LogP contribution < -0.4 is 4.72 Å². The van der Waals surface area contributed by atoms with E-state index in [0.717, 1.165) is 17.5 Å². The van der Waals surface area contributed by atoms with Gasteiger partial charge in [0.15, 0.2) is 0 Å². The molecule has 0 bridgehead atoms. The molecule has 0 atom stereocenters. The molecule has 5 nitrogen and oxygen atoms in total. The zero-order chi connectivity index (χ0) is 19.6. The Morgan fingerprint density at radius 2 is 1.85 bits per heavy atom. The van der Waals surface area contributed by atoms with E-state index in [2.05, 4.69) is 4.72 Å². The fourth-order valence-corrected chi connectivity index (χ4v) is 4.51. The van der Waals surface area contributed by atoms with Crippen LogP contribution in [0.15, 0.2) is 42.5 Å². The van der Waals surface area contributed by atoms with Crippen molar-refractivity contribution in [3.63, 3.8) is 0 Å². The lowest BCUT2D eigenvalue weighted by molar-refractivity contribution is -0.135. The number of nitrogens with zero attached hydrogens (tertiary/aromatic N) is 1. The molecule has 0 aromatic heterocycles. The van der Waals surface area contributed by atoms with Crippen molar-refractivity contribution < 1.29 is 13.2 Å². The van der Waals surface area contributed by atoms with E-state index in [1.807, 2.05) is 30.9 Å². The standard InChI is InChI=1S/C20H23ClN2O3S/c1-14(2)20(24)23-10-9-16-5-8-19(11-17(16)12-23)22-27(25,26)13-15-3-6-18(21)7-4-15/h3-8,11,14,22H,9-10,12-13H2,1-2H3. The van der Waals surface area contributed by atoms with Crippen molar-refractivity contribution in [3.05, 3.63) is 64.2 Å². The van der Waals surface area contributed by atoms with Crippen molar-refractivity contribution in [1.82, 2.24) is 4.90 Å². The highest BCUT2D eigenvalue weighted by Crippen LogP contribution is 2.25. The summed E-state index contributed by atoms with van der Waals surface area (Å²) in [7, 11) is -3.54. The van der Waals surface area contributed by atoms with Crippen molar-refractivity contribution >= 4 is 33.2 Å². The van der Waals surface area contributed by atoms with E-state index in [1.54, 1.807) is 30.3 Å². The van der Waals surface area contributed by atoms with Gasteiger partial charge in [0.2, 0.25) is 15.9 Å². The third kappa shape index (κ3) is 5.02. The average Bonchev–Trinajstić information content (AvgIpc) is 2.61. The minimum Gasteiger partial charge on any atom is -0.338 e. The first-order valence-corrected chi connectivity index (χ1v) is 10.9. The first kappa shape index (κ1) is 19.7. The highest BCUT2D eigenvalue weighted by atomic mass is 35.5. The molecule has 0 aliphatic carbocycles. The van der Waals surface area contributed by atoms with Crippen molar-refractivity contribution in [2.45, 2.75) is 32.6 Å². The third-order valence-electron chi connectivity index (χ3n) is 4.57. The Morgan fingerprint density at radius 1 is 1.15 bits per heavy atom. The van der Waals surface area contributed by atoms with Gasteiger partial charge in [0.05, 0.1) is 5.75 Å². The van der Waals surface area contributed by atoms with Gasteiger partial charge in [0, 0.05) is 29.7 Å². The van der Waals surface area contributed by atoms with Gasteiger partial charge >= 0.3 is 0 Å². The number of sulfonamides is 1. The summed E-state index contributed by atoms with van der Waals surface area (Å²) in [5.41, 5.74) is 3.32. The van der Waals surface area contributed by atoms with Crippen LogP contribution in [0.4, 0.5) is 5.69 Å². The first-order chi connectivity index (χ1) is 12.7. The smallest absolute Gasteiger partial charge is 0.236 e. The van der Waals surface area contributed by atoms with E-state index in [0.29, 0.717) is 29.4 Å². The van der Waals surface area contributed by atoms with Crippen molar-refractivity contribution in [2.24, 2.45) is 5.92 Å². The van der Waals surface area contributed by atoms with Crippen molar-refractivity contribution in [1.29, 1.82) is 0 Å². The van der Waals surface area contributed by atoms with Crippen LogP contribution in [-0.2, 0) is 33.5 Å².